The highest BCUT2D eigenvalue weighted by Gasteiger charge is 2.22. The first-order valence-corrected chi connectivity index (χ1v) is 11.7. The molecular formula is C26H30FN3O5. The zero-order chi connectivity index (χ0) is 25.0. The summed E-state index contributed by atoms with van der Waals surface area (Å²) in [7, 11) is 0. The molecule has 2 aromatic carbocycles. The zero-order valence-corrected chi connectivity index (χ0v) is 20.2. The smallest absolute Gasteiger partial charge is 0.407 e. The van der Waals surface area contributed by atoms with Gasteiger partial charge in [0.2, 0.25) is 5.95 Å². The molecule has 0 spiro atoms. The SMILES string of the molecule is CC(C)(C)OC(=O)NCCOc1ccc(C(=O)c2ccc3c(c2)c(F)nn3C2CCCCO2)cc1. The van der Waals surface area contributed by atoms with E-state index in [9.17, 15) is 14.0 Å². The minimum absolute atomic E-state index is 0.230. The number of rotatable bonds is 7. The lowest BCUT2D eigenvalue weighted by Crippen LogP contribution is -2.34. The van der Waals surface area contributed by atoms with Gasteiger partial charge in [0, 0.05) is 17.7 Å². The summed E-state index contributed by atoms with van der Waals surface area (Å²) in [6.45, 7) is 6.53. The summed E-state index contributed by atoms with van der Waals surface area (Å²) in [5, 5.41) is 6.94. The summed E-state index contributed by atoms with van der Waals surface area (Å²) >= 11 is 0. The van der Waals surface area contributed by atoms with Crippen LogP contribution < -0.4 is 10.1 Å². The van der Waals surface area contributed by atoms with E-state index in [0.29, 0.717) is 34.4 Å². The first-order valence-electron chi connectivity index (χ1n) is 11.7. The first kappa shape index (κ1) is 24.7. The maximum Gasteiger partial charge on any atom is 0.407 e. The molecule has 3 aromatic rings. The zero-order valence-electron chi connectivity index (χ0n) is 20.2. The molecule has 1 fully saturated rings. The second kappa shape index (κ2) is 10.4. The molecule has 8 nitrogen and oxygen atoms in total. The van der Waals surface area contributed by atoms with Gasteiger partial charge >= 0.3 is 6.09 Å². The van der Waals surface area contributed by atoms with E-state index >= 15 is 0 Å². The van der Waals surface area contributed by atoms with E-state index in [1.54, 1.807) is 61.9 Å². The summed E-state index contributed by atoms with van der Waals surface area (Å²) in [6, 6.07) is 11.6. The quantitative estimate of drug-likeness (QED) is 0.375. The van der Waals surface area contributed by atoms with Gasteiger partial charge in [0.15, 0.2) is 12.0 Å². The van der Waals surface area contributed by atoms with Gasteiger partial charge in [0.05, 0.1) is 17.4 Å². The number of amides is 1. The summed E-state index contributed by atoms with van der Waals surface area (Å²) in [6.07, 6.45) is 1.98. The summed E-state index contributed by atoms with van der Waals surface area (Å²) < 4.78 is 32.7. The second-order valence-corrected chi connectivity index (χ2v) is 9.42. The predicted octanol–water partition coefficient (Wildman–Crippen LogP) is 5.01. The largest absolute Gasteiger partial charge is 0.492 e. The van der Waals surface area contributed by atoms with Gasteiger partial charge in [-0.1, -0.05) is 0 Å². The molecule has 1 aromatic heterocycles. The van der Waals surface area contributed by atoms with Gasteiger partial charge in [0.1, 0.15) is 18.0 Å². The fourth-order valence-electron chi connectivity index (χ4n) is 3.89. The molecule has 1 atom stereocenters. The van der Waals surface area contributed by atoms with Crippen LogP contribution in [-0.2, 0) is 9.47 Å². The third-order valence-corrected chi connectivity index (χ3v) is 5.51. The van der Waals surface area contributed by atoms with Crippen LogP contribution in [0.5, 0.6) is 5.75 Å². The van der Waals surface area contributed by atoms with Gasteiger partial charge in [-0.3, -0.25) is 4.79 Å². The molecular weight excluding hydrogens is 453 g/mol. The summed E-state index contributed by atoms with van der Waals surface area (Å²) in [5.41, 5.74) is 0.867. The van der Waals surface area contributed by atoms with Gasteiger partial charge in [0.25, 0.3) is 0 Å². The molecule has 2 heterocycles. The average molecular weight is 484 g/mol. The number of carbonyl (C=O) groups is 2. The lowest BCUT2D eigenvalue weighted by molar-refractivity contribution is -0.0375. The number of fused-ring (bicyclic) bond motifs is 1. The number of nitrogens with zero attached hydrogens (tertiary/aromatic N) is 2. The number of ketones is 1. The van der Waals surface area contributed by atoms with Crippen molar-refractivity contribution in [1.82, 2.24) is 15.1 Å². The standard InChI is InChI=1S/C26H30FN3O5/c1-26(2,3)35-25(32)28-13-15-33-19-10-7-17(8-11-19)23(31)18-9-12-21-20(16-18)24(27)29-30(21)22-6-4-5-14-34-22/h7-12,16,22H,4-6,13-15H2,1-3H3,(H,28,32). The summed E-state index contributed by atoms with van der Waals surface area (Å²) in [4.78, 5) is 24.6. The van der Waals surface area contributed by atoms with Crippen LogP contribution in [0.25, 0.3) is 10.9 Å². The molecule has 1 saturated heterocycles. The van der Waals surface area contributed by atoms with Crippen molar-refractivity contribution in [2.24, 2.45) is 0 Å². The van der Waals surface area contributed by atoms with Crippen molar-refractivity contribution < 1.29 is 28.2 Å². The van der Waals surface area contributed by atoms with Crippen LogP contribution in [0.2, 0.25) is 0 Å². The topological polar surface area (TPSA) is 91.7 Å². The molecule has 35 heavy (non-hydrogen) atoms. The van der Waals surface area contributed by atoms with E-state index in [4.69, 9.17) is 14.2 Å². The summed E-state index contributed by atoms with van der Waals surface area (Å²) in [5.74, 6) is -0.290. The van der Waals surface area contributed by atoms with E-state index in [2.05, 4.69) is 10.4 Å². The van der Waals surface area contributed by atoms with Gasteiger partial charge < -0.3 is 19.5 Å². The van der Waals surface area contributed by atoms with E-state index in [1.807, 2.05) is 0 Å². The lowest BCUT2D eigenvalue weighted by atomic mass is 10.0. The minimum Gasteiger partial charge on any atom is -0.492 e. The van der Waals surface area contributed by atoms with Crippen LogP contribution in [0.15, 0.2) is 42.5 Å². The van der Waals surface area contributed by atoms with Crippen LogP contribution in [0, 0.1) is 5.95 Å². The molecule has 9 heteroatoms. The fourth-order valence-corrected chi connectivity index (χ4v) is 3.89. The van der Waals surface area contributed by atoms with E-state index in [0.717, 1.165) is 19.3 Å². The van der Waals surface area contributed by atoms with E-state index in [-0.39, 0.29) is 25.2 Å². The number of alkyl carbamates (subject to hydrolysis) is 1. The number of benzene rings is 2. The molecule has 0 saturated carbocycles. The minimum atomic E-state index is -0.618. The number of ether oxygens (including phenoxy) is 3. The molecule has 1 aliphatic heterocycles. The third-order valence-electron chi connectivity index (χ3n) is 5.51. The van der Waals surface area contributed by atoms with Crippen molar-refractivity contribution in [3.63, 3.8) is 0 Å². The van der Waals surface area contributed by atoms with Crippen molar-refractivity contribution in [3.8, 4) is 5.75 Å². The molecule has 1 N–H and O–H groups in total. The Bertz CT molecular complexity index is 1190. The fraction of sp³-hybridized carbons (Fsp3) is 0.423. The number of nitrogens with one attached hydrogen (secondary N) is 1. The van der Waals surface area contributed by atoms with Crippen molar-refractivity contribution in [2.75, 3.05) is 19.8 Å². The Hall–Kier alpha value is -3.46. The van der Waals surface area contributed by atoms with Crippen LogP contribution in [0.3, 0.4) is 0 Å². The Labute approximate surface area is 203 Å². The van der Waals surface area contributed by atoms with Crippen molar-refractivity contribution in [3.05, 3.63) is 59.5 Å². The second-order valence-electron chi connectivity index (χ2n) is 9.42. The van der Waals surface area contributed by atoms with E-state index in [1.165, 1.54) is 6.07 Å². The highest BCUT2D eigenvalue weighted by atomic mass is 19.1. The van der Waals surface area contributed by atoms with Crippen LogP contribution in [0.1, 0.15) is 62.2 Å². The molecule has 4 rings (SSSR count). The predicted molar refractivity (Wildman–Crippen MR) is 128 cm³/mol. The van der Waals surface area contributed by atoms with Gasteiger partial charge in [-0.15, -0.1) is 5.10 Å². The van der Waals surface area contributed by atoms with Crippen molar-refractivity contribution in [1.29, 1.82) is 0 Å². The monoisotopic (exact) mass is 483 g/mol. The number of hydrogen-bond donors (Lipinski definition) is 1. The first-order chi connectivity index (χ1) is 16.7. The Balaban J connectivity index is 1.37. The average Bonchev–Trinajstić information content (AvgIpc) is 3.17. The molecule has 0 radical (unpaired) electrons. The molecule has 1 amide bonds. The maximum atomic E-state index is 14.6. The Morgan fingerprint density at radius 1 is 1.14 bits per heavy atom. The third kappa shape index (κ3) is 6.16. The van der Waals surface area contributed by atoms with E-state index < -0.39 is 17.6 Å². The molecule has 1 aliphatic rings. The van der Waals surface area contributed by atoms with Crippen LogP contribution in [-0.4, -0.2) is 47.0 Å². The number of hydrogen-bond acceptors (Lipinski definition) is 6. The molecule has 1 unspecified atom stereocenters. The highest BCUT2D eigenvalue weighted by molar-refractivity contribution is 6.10. The highest BCUT2D eigenvalue weighted by Crippen LogP contribution is 2.29. The molecule has 186 valence electrons. The van der Waals surface area contributed by atoms with Crippen molar-refractivity contribution >= 4 is 22.8 Å². The van der Waals surface area contributed by atoms with Crippen LogP contribution in [0.4, 0.5) is 9.18 Å². The number of aromatic nitrogens is 2. The molecule has 0 aliphatic carbocycles. The molecule has 0 bridgehead atoms. The van der Waals surface area contributed by atoms with Crippen LogP contribution >= 0.6 is 0 Å². The number of halogens is 1. The van der Waals surface area contributed by atoms with Gasteiger partial charge in [-0.25, -0.2) is 9.48 Å². The normalized spacial score (nSPS) is 16.2. The van der Waals surface area contributed by atoms with Gasteiger partial charge in [-0.05, 0) is 82.5 Å². The Morgan fingerprint density at radius 3 is 2.57 bits per heavy atom. The number of carbonyl (C=O) groups excluding carboxylic acids is 2. The van der Waals surface area contributed by atoms with Crippen molar-refractivity contribution in [2.45, 2.75) is 51.9 Å². The van der Waals surface area contributed by atoms with Gasteiger partial charge in [-0.2, -0.15) is 4.39 Å². The maximum absolute atomic E-state index is 14.6. The Morgan fingerprint density at radius 2 is 1.89 bits per heavy atom. The lowest BCUT2D eigenvalue weighted by Gasteiger charge is -2.23. The Kier molecular flexibility index (Phi) is 7.35.